The molecule has 1 heterocycles. The van der Waals surface area contributed by atoms with E-state index in [1.807, 2.05) is 6.20 Å². The minimum absolute atomic E-state index is 0.0991. The Bertz CT molecular complexity index is 356. The van der Waals surface area contributed by atoms with E-state index in [0.29, 0.717) is 0 Å². The van der Waals surface area contributed by atoms with Crippen molar-refractivity contribution in [2.75, 3.05) is 0 Å². The minimum atomic E-state index is -0.0991. The molecule has 0 unspecified atom stereocenters. The van der Waals surface area contributed by atoms with E-state index in [1.165, 1.54) is 11.6 Å². The van der Waals surface area contributed by atoms with Gasteiger partial charge in [0.15, 0.2) is 0 Å². The van der Waals surface area contributed by atoms with E-state index in [2.05, 4.69) is 22.1 Å². The number of aromatic nitrogens is 2. The number of nitrogens with one attached hydrogen (secondary N) is 2. The summed E-state index contributed by atoms with van der Waals surface area (Å²) in [6.45, 7) is 3.43. The number of aryl methyl sites for hydroxylation is 1. The fourth-order valence-corrected chi connectivity index (χ4v) is 1.79. The van der Waals surface area contributed by atoms with E-state index in [1.54, 1.807) is 0 Å². The predicted molar refractivity (Wildman–Crippen MR) is 52.7 cm³/mol. The van der Waals surface area contributed by atoms with Crippen molar-refractivity contribution in [3.63, 3.8) is 0 Å². The number of carbonyl (C=O) groups excluding carboxylic acids is 1. The Morgan fingerprint density at radius 2 is 2.64 bits per heavy atom. The molecule has 1 aliphatic carbocycles. The number of amides is 1. The highest BCUT2D eigenvalue weighted by Gasteiger charge is 2.20. The monoisotopic (exact) mass is 191 g/mol. The van der Waals surface area contributed by atoms with Gasteiger partial charge in [-0.15, -0.1) is 0 Å². The Morgan fingerprint density at radius 1 is 1.79 bits per heavy atom. The first kappa shape index (κ1) is 8.99. The normalized spacial score (nSPS) is 19.9. The van der Waals surface area contributed by atoms with Gasteiger partial charge < -0.3 is 5.32 Å². The molecule has 1 aromatic heterocycles. The maximum absolute atomic E-state index is 11.1. The first-order valence-corrected chi connectivity index (χ1v) is 4.73. The van der Waals surface area contributed by atoms with E-state index in [-0.39, 0.29) is 11.9 Å². The van der Waals surface area contributed by atoms with Gasteiger partial charge in [-0.3, -0.25) is 9.89 Å². The summed E-state index contributed by atoms with van der Waals surface area (Å²) in [4.78, 5) is 11.1. The van der Waals surface area contributed by atoms with Crippen molar-refractivity contribution in [2.45, 2.75) is 25.3 Å². The van der Waals surface area contributed by atoms with Gasteiger partial charge in [-0.25, -0.2) is 0 Å². The Morgan fingerprint density at radius 3 is 3.43 bits per heavy atom. The van der Waals surface area contributed by atoms with Crippen LogP contribution in [0, 0.1) is 0 Å². The van der Waals surface area contributed by atoms with Gasteiger partial charge >= 0.3 is 0 Å². The van der Waals surface area contributed by atoms with Crippen molar-refractivity contribution < 1.29 is 4.79 Å². The number of hydrogen-bond donors (Lipinski definition) is 2. The molecule has 14 heavy (non-hydrogen) atoms. The standard InChI is InChI=1S/C10H13N3O/c1-2-10(14)12-8-4-3-7-6-11-13-9(7)5-8/h2,6,8H,1,3-5H2,(H,11,13)(H,12,14)/t8-/m1/s1. The van der Waals surface area contributed by atoms with Crippen LogP contribution < -0.4 is 5.32 Å². The highest BCUT2D eigenvalue weighted by molar-refractivity contribution is 5.87. The van der Waals surface area contributed by atoms with Gasteiger partial charge in [0.05, 0.1) is 6.20 Å². The van der Waals surface area contributed by atoms with Gasteiger partial charge in [0.1, 0.15) is 0 Å². The van der Waals surface area contributed by atoms with Crippen molar-refractivity contribution in [2.24, 2.45) is 0 Å². The molecular formula is C10H13N3O. The van der Waals surface area contributed by atoms with Crippen LogP contribution in [0.5, 0.6) is 0 Å². The molecule has 2 N–H and O–H groups in total. The molecule has 0 saturated carbocycles. The molecule has 2 rings (SSSR count). The number of nitrogens with zero attached hydrogens (tertiary/aromatic N) is 1. The molecule has 4 nitrogen and oxygen atoms in total. The third-order valence-electron chi connectivity index (χ3n) is 2.55. The van der Waals surface area contributed by atoms with E-state index in [9.17, 15) is 4.79 Å². The van der Waals surface area contributed by atoms with E-state index < -0.39 is 0 Å². The number of H-pyrrole nitrogens is 1. The second-order valence-electron chi connectivity index (χ2n) is 3.53. The molecule has 0 radical (unpaired) electrons. The van der Waals surface area contributed by atoms with Crippen LogP contribution in [0.25, 0.3) is 0 Å². The third kappa shape index (κ3) is 1.69. The lowest BCUT2D eigenvalue weighted by Crippen LogP contribution is -2.37. The minimum Gasteiger partial charge on any atom is -0.349 e. The molecule has 0 bridgehead atoms. The summed E-state index contributed by atoms with van der Waals surface area (Å²) in [5.41, 5.74) is 2.42. The van der Waals surface area contributed by atoms with Gasteiger partial charge in [-0.1, -0.05) is 6.58 Å². The fraction of sp³-hybridized carbons (Fsp3) is 0.400. The number of fused-ring (bicyclic) bond motifs is 1. The lowest BCUT2D eigenvalue weighted by molar-refractivity contribution is -0.117. The lowest BCUT2D eigenvalue weighted by Gasteiger charge is -2.21. The number of aromatic amines is 1. The van der Waals surface area contributed by atoms with Crippen LogP contribution in [0.2, 0.25) is 0 Å². The second kappa shape index (κ2) is 3.65. The average Bonchev–Trinajstić information content (AvgIpc) is 2.64. The SMILES string of the molecule is C=CC(=O)N[C@@H]1CCc2cn[nH]c2C1. The molecule has 0 spiro atoms. The van der Waals surface area contributed by atoms with E-state index >= 15 is 0 Å². The van der Waals surface area contributed by atoms with Gasteiger partial charge in [0.2, 0.25) is 5.91 Å². The number of rotatable bonds is 2. The maximum Gasteiger partial charge on any atom is 0.243 e. The summed E-state index contributed by atoms with van der Waals surface area (Å²) in [7, 11) is 0. The van der Waals surface area contributed by atoms with E-state index in [0.717, 1.165) is 25.0 Å². The van der Waals surface area contributed by atoms with Crippen LogP contribution in [0.4, 0.5) is 0 Å². The van der Waals surface area contributed by atoms with Crippen molar-refractivity contribution in [1.29, 1.82) is 0 Å². The maximum atomic E-state index is 11.1. The zero-order chi connectivity index (χ0) is 9.97. The summed E-state index contributed by atoms with van der Waals surface area (Å²) in [6.07, 6.45) is 5.97. The highest BCUT2D eigenvalue weighted by Crippen LogP contribution is 2.18. The zero-order valence-electron chi connectivity index (χ0n) is 7.92. The van der Waals surface area contributed by atoms with Gasteiger partial charge in [0.25, 0.3) is 0 Å². The van der Waals surface area contributed by atoms with Crippen molar-refractivity contribution in [1.82, 2.24) is 15.5 Å². The smallest absolute Gasteiger partial charge is 0.243 e. The van der Waals surface area contributed by atoms with Gasteiger partial charge in [-0.2, -0.15) is 5.10 Å². The van der Waals surface area contributed by atoms with Gasteiger partial charge in [0, 0.05) is 18.2 Å². The first-order valence-electron chi connectivity index (χ1n) is 4.73. The molecule has 1 amide bonds. The van der Waals surface area contributed by atoms with Crippen molar-refractivity contribution >= 4 is 5.91 Å². The predicted octanol–water partition coefficient (Wildman–Crippen LogP) is 0.569. The first-order chi connectivity index (χ1) is 6.79. The molecule has 1 aliphatic rings. The summed E-state index contributed by atoms with van der Waals surface area (Å²) in [5.74, 6) is -0.0991. The summed E-state index contributed by atoms with van der Waals surface area (Å²) < 4.78 is 0. The van der Waals surface area contributed by atoms with Crippen molar-refractivity contribution in [3.8, 4) is 0 Å². The Hall–Kier alpha value is -1.58. The highest BCUT2D eigenvalue weighted by atomic mass is 16.1. The average molecular weight is 191 g/mol. The lowest BCUT2D eigenvalue weighted by atomic mass is 9.94. The Labute approximate surface area is 82.4 Å². The molecule has 0 saturated heterocycles. The summed E-state index contributed by atoms with van der Waals surface area (Å²) >= 11 is 0. The second-order valence-corrected chi connectivity index (χ2v) is 3.53. The van der Waals surface area contributed by atoms with E-state index in [4.69, 9.17) is 0 Å². The Balaban J connectivity index is 2.00. The summed E-state index contributed by atoms with van der Waals surface area (Å²) in [6, 6.07) is 0.216. The largest absolute Gasteiger partial charge is 0.349 e. The van der Waals surface area contributed by atoms with Crippen LogP contribution in [-0.2, 0) is 17.6 Å². The van der Waals surface area contributed by atoms with Crippen molar-refractivity contribution in [3.05, 3.63) is 30.1 Å². The fourth-order valence-electron chi connectivity index (χ4n) is 1.79. The van der Waals surface area contributed by atoms with Crippen LogP contribution in [0.3, 0.4) is 0 Å². The summed E-state index contributed by atoms with van der Waals surface area (Å²) in [5, 5.41) is 9.83. The number of carbonyl (C=O) groups is 1. The molecule has 4 heteroatoms. The quantitative estimate of drug-likeness (QED) is 0.671. The van der Waals surface area contributed by atoms with Crippen LogP contribution >= 0.6 is 0 Å². The number of hydrogen-bond acceptors (Lipinski definition) is 2. The topological polar surface area (TPSA) is 57.8 Å². The molecule has 0 aromatic carbocycles. The van der Waals surface area contributed by atoms with Crippen LogP contribution in [0.1, 0.15) is 17.7 Å². The zero-order valence-corrected chi connectivity index (χ0v) is 7.92. The van der Waals surface area contributed by atoms with Crippen LogP contribution in [-0.4, -0.2) is 22.1 Å². The van der Waals surface area contributed by atoms with Crippen LogP contribution in [0.15, 0.2) is 18.9 Å². The third-order valence-corrected chi connectivity index (χ3v) is 2.55. The van der Waals surface area contributed by atoms with Gasteiger partial charge in [-0.05, 0) is 24.5 Å². The Kier molecular flexibility index (Phi) is 2.35. The molecule has 74 valence electrons. The molecule has 0 fully saturated rings. The molecule has 1 atom stereocenters. The molecule has 0 aliphatic heterocycles. The molecule has 1 aromatic rings. The molecular weight excluding hydrogens is 178 g/mol.